The number of anilines is 1. The third kappa shape index (κ3) is 2.78. The largest absolute Gasteiger partial charge is 0.616 e. The lowest BCUT2D eigenvalue weighted by molar-refractivity contribution is -0.622. The van der Waals surface area contributed by atoms with Crippen LogP contribution in [0.3, 0.4) is 0 Å². The maximum atomic E-state index is 12.7. The summed E-state index contributed by atoms with van der Waals surface area (Å²) in [4.78, 5) is 7.91. The Kier molecular flexibility index (Phi) is 4.52. The first-order valence-corrected chi connectivity index (χ1v) is 8.10. The van der Waals surface area contributed by atoms with Crippen molar-refractivity contribution in [2.45, 2.75) is 13.5 Å². The van der Waals surface area contributed by atoms with Crippen LogP contribution in [-0.2, 0) is 6.54 Å². The van der Waals surface area contributed by atoms with Crippen molar-refractivity contribution in [2.24, 2.45) is 0 Å². The quantitative estimate of drug-likeness (QED) is 0.372. The molecule has 0 unspecified atom stereocenters. The number of hydrogen-bond acceptors (Lipinski definition) is 8. The van der Waals surface area contributed by atoms with E-state index in [0.717, 1.165) is 0 Å². The Hall–Kier alpha value is -2.40. The number of fused-ring (bicyclic) bond motifs is 1. The molecule has 3 aromatic rings. The molecule has 10 nitrogen and oxygen atoms in total. The van der Waals surface area contributed by atoms with Crippen LogP contribution in [0, 0.1) is 12.1 Å². The van der Waals surface area contributed by atoms with Crippen LogP contribution in [-0.4, -0.2) is 39.2 Å². The van der Waals surface area contributed by atoms with Gasteiger partial charge in [0.25, 0.3) is 0 Å². The van der Waals surface area contributed by atoms with Crippen molar-refractivity contribution in [1.29, 1.82) is 0 Å². The fourth-order valence-corrected chi connectivity index (χ4v) is 3.41. The number of nitrogens with zero attached hydrogens (tertiary/aromatic N) is 6. The number of nitrogen functional groups attached to an aromatic ring is 1. The van der Waals surface area contributed by atoms with Crippen LogP contribution in [0.15, 0.2) is 4.47 Å². The van der Waals surface area contributed by atoms with Crippen molar-refractivity contribution in [3.63, 3.8) is 0 Å². The van der Waals surface area contributed by atoms with Crippen LogP contribution in [0.4, 0.5) is 5.95 Å². The molecule has 25 heavy (non-hydrogen) atoms. The number of pyridine rings is 1. The number of methoxy groups -OCH3 is 2. The topological polar surface area (TPSA) is 128 Å². The number of halogens is 2. The van der Waals surface area contributed by atoms with Crippen molar-refractivity contribution in [1.82, 2.24) is 25.0 Å². The van der Waals surface area contributed by atoms with Crippen molar-refractivity contribution in [2.75, 3.05) is 20.0 Å². The van der Waals surface area contributed by atoms with E-state index in [2.05, 4.69) is 36.2 Å². The van der Waals surface area contributed by atoms with E-state index in [1.54, 1.807) is 6.92 Å². The maximum Gasteiger partial charge on any atom is 0.386 e. The van der Waals surface area contributed by atoms with Crippen molar-refractivity contribution in [3.8, 4) is 11.6 Å². The fourth-order valence-electron chi connectivity index (χ4n) is 2.46. The Morgan fingerprint density at radius 1 is 1.32 bits per heavy atom. The van der Waals surface area contributed by atoms with E-state index in [0.29, 0.717) is 31.9 Å². The molecule has 0 aromatic carbocycles. The fraction of sp³-hybridized carbons (Fsp3) is 0.308. The highest BCUT2D eigenvalue weighted by Gasteiger charge is 2.28. The summed E-state index contributed by atoms with van der Waals surface area (Å²) in [5, 5.41) is 20.7. The van der Waals surface area contributed by atoms with Crippen molar-refractivity contribution in [3.05, 3.63) is 26.1 Å². The number of ether oxygens (including phenoxy) is 2. The van der Waals surface area contributed by atoms with E-state index in [1.165, 1.54) is 18.9 Å². The molecule has 0 aliphatic carbocycles. The van der Waals surface area contributed by atoms with Crippen LogP contribution in [0.1, 0.15) is 11.3 Å². The molecule has 0 amide bonds. The molecule has 132 valence electrons. The first-order chi connectivity index (χ1) is 11.9. The second-order valence-electron chi connectivity index (χ2n) is 5.01. The van der Waals surface area contributed by atoms with E-state index in [9.17, 15) is 5.21 Å². The molecule has 0 atom stereocenters. The van der Waals surface area contributed by atoms with Gasteiger partial charge in [-0.05, 0) is 22.9 Å². The van der Waals surface area contributed by atoms with Crippen LogP contribution in [0.2, 0.25) is 5.15 Å². The predicted octanol–water partition coefficient (Wildman–Crippen LogP) is 1.23. The van der Waals surface area contributed by atoms with E-state index in [1.807, 2.05) is 0 Å². The Bertz CT molecular complexity index is 947. The average molecular weight is 431 g/mol. The smallest absolute Gasteiger partial charge is 0.386 e. The van der Waals surface area contributed by atoms with Gasteiger partial charge in [0, 0.05) is 0 Å². The van der Waals surface area contributed by atoms with Crippen LogP contribution in [0.25, 0.3) is 11.2 Å². The molecule has 0 saturated carbocycles. The van der Waals surface area contributed by atoms with Gasteiger partial charge in [0.1, 0.15) is 16.6 Å². The van der Waals surface area contributed by atoms with Gasteiger partial charge in [0.2, 0.25) is 11.6 Å². The Balaban J connectivity index is 2.19. The minimum Gasteiger partial charge on any atom is -0.616 e. The molecule has 0 aliphatic heterocycles. The molecule has 3 rings (SSSR count). The second kappa shape index (κ2) is 6.48. The Morgan fingerprint density at radius 3 is 2.68 bits per heavy atom. The van der Waals surface area contributed by atoms with Crippen molar-refractivity contribution >= 4 is 44.6 Å². The molecule has 0 radical (unpaired) electrons. The number of nitrogens with two attached hydrogens (primary N) is 1. The molecule has 0 saturated heterocycles. The van der Waals surface area contributed by atoms with Gasteiger partial charge in [-0.1, -0.05) is 16.8 Å². The molecule has 12 heteroatoms. The summed E-state index contributed by atoms with van der Waals surface area (Å²) in [6.07, 6.45) is 0. The van der Waals surface area contributed by atoms with Gasteiger partial charge in [0.15, 0.2) is 22.1 Å². The minimum atomic E-state index is -0.0193. The SMILES string of the molecule is COc1c(C)c(OC)[n+]([O-])c(Cn2nnc3c(Cl)nc(N)nc32)c1Br. The van der Waals surface area contributed by atoms with E-state index in [4.69, 9.17) is 26.8 Å². The summed E-state index contributed by atoms with van der Waals surface area (Å²) in [5.41, 5.74) is 7.08. The van der Waals surface area contributed by atoms with Crippen molar-refractivity contribution < 1.29 is 14.2 Å². The van der Waals surface area contributed by atoms with Gasteiger partial charge in [0.05, 0.1) is 14.2 Å². The highest BCUT2D eigenvalue weighted by atomic mass is 79.9. The van der Waals surface area contributed by atoms with E-state index < -0.39 is 0 Å². The zero-order valence-corrected chi connectivity index (χ0v) is 15.8. The molecular weight excluding hydrogens is 418 g/mol. The molecule has 0 aliphatic rings. The zero-order valence-electron chi connectivity index (χ0n) is 13.4. The summed E-state index contributed by atoms with van der Waals surface area (Å²) in [6, 6.07) is 0. The minimum absolute atomic E-state index is 0.0193. The summed E-state index contributed by atoms with van der Waals surface area (Å²) in [6.45, 7) is 1.75. The summed E-state index contributed by atoms with van der Waals surface area (Å²) < 4.78 is 13.1. The molecule has 2 N–H and O–H groups in total. The zero-order chi connectivity index (χ0) is 18.3. The van der Waals surface area contributed by atoms with Gasteiger partial charge in [-0.15, -0.1) is 9.83 Å². The van der Waals surface area contributed by atoms with Gasteiger partial charge < -0.3 is 20.4 Å². The molecule has 0 bridgehead atoms. The third-order valence-corrected chi connectivity index (χ3v) is 4.66. The lowest BCUT2D eigenvalue weighted by atomic mass is 10.2. The first-order valence-electron chi connectivity index (χ1n) is 6.93. The highest BCUT2D eigenvalue weighted by molar-refractivity contribution is 9.10. The number of hydrogen-bond donors (Lipinski definition) is 1. The molecule has 0 spiro atoms. The third-order valence-electron chi connectivity index (χ3n) is 3.58. The van der Waals surface area contributed by atoms with Crippen LogP contribution < -0.4 is 19.9 Å². The molecule has 3 heterocycles. The van der Waals surface area contributed by atoms with E-state index >= 15 is 0 Å². The lowest BCUT2D eigenvalue weighted by Gasteiger charge is -2.15. The molecule has 3 aromatic heterocycles. The number of aromatic nitrogens is 6. The Labute approximate surface area is 155 Å². The number of rotatable bonds is 4. The molecular formula is C13H13BrClN7O3. The van der Waals surface area contributed by atoms with Gasteiger partial charge in [-0.3, -0.25) is 0 Å². The predicted molar refractivity (Wildman–Crippen MR) is 92.6 cm³/mol. The van der Waals surface area contributed by atoms with Crippen LogP contribution >= 0.6 is 27.5 Å². The summed E-state index contributed by atoms with van der Waals surface area (Å²) in [7, 11) is 2.91. The second-order valence-corrected chi connectivity index (χ2v) is 6.17. The summed E-state index contributed by atoms with van der Waals surface area (Å²) >= 11 is 9.39. The lowest BCUT2D eigenvalue weighted by Crippen LogP contribution is -2.36. The van der Waals surface area contributed by atoms with Gasteiger partial charge in [-0.2, -0.15) is 9.97 Å². The first kappa shape index (κ1) is 17.4. The van der Waals surface area contributed by atoms with Gasteiger partial charge in [-0.25, -0.2) is 4.68 Å². The van der Waals surface area contributed by atoms with Crippen LogP contribution in [0.5, 0.6) is 11.6 Å². The maximum absolute atomic E-state index is 12.7. The summed E-state index contributed by atoms with van der Waals surface area (Å²) in [5.74, 6) is 0.580. The Morgan fingerprint density at radius 2 is 2.04 bits per heavy atom. The highest BCUT2D eigenvalue weighted by Crippen LogP contribution is 2.35. The standard InChI is InChI=1S/C13H13BrClN7O3/c1-5-9(24-2)7(14)6(22(23)12(5)25-3)4-21-11-8(19-20-21)10(15)17-13(16)18-11/h4H2,1-3H3,(H2,16,17,18). The van der Waals surface area contributed by atoms with Gasteiger partial charge >= 0.3 is 5.88 Å². The van der Waals surface area contributed by atoms with E-state index in [-0.39, 0.29) is 29.0 Å². The monoisotopic (exact) mass is 429 g/mol. The molecule has 0 fully saturated rings. The normalized spacial score (nSPS) is 11.1. The average Bonchev–Trinajstić information content (AvgIpc) is 2.95.